The van der Waals surface area contributed by atoms with E-state index in [4.69, 9.17) is 4.74 Å². The summed E-state index contributed by atoms with van der Waals surface area (Å²) in [4.78, 5) is 6.60. The molecule has 2 aromatic rings. The van der Waals surface area contributed by atoms with Crippen molar-refractivity contribution in [3.8, 4) is 5.75 Å². The quantitative estimate of drug-likeness (QED) is 0.849. The van der Waals surface area contributed by atoms with Crippen LogP contribution in [0.5, 0.6) is 5.75 Å². The molecule has 8 heteroatoms. The zero-order valence-electron chi connectivity index (χ0n) is 13.7. The third-order valence-electron chi connectivity index (χ3n) is 3.89. The maximum Gasteiger partial charge on any atom is 0.244 e. The summed E-state index contributed by atoms with van der Waals surface area (Å²) in [5.41, 5.74) is 0.884. The number of aryl methyl sites for hydroxylation is 1. The van der Waals surface area contributed by atoms with E-state index < -0.39 is 10.0 Å². The summed E-state index contributed by atoms with van der Waals surface area (Å²) >= 11 is 1.57. The van der Waals surface area contributed by atoms with Crippen LogP contribution in [0.2, 0.25) is 0 Å². The zero-order valence-corrected chi connectivity index (χ0v) is 15.4. The maximum atomic E-state index is 12.8. The predicted molar refractivity (Wildman–Crippen MR) is 95.4 cm³/mol. The second kappa shape index (κ2) is 7.08. The number of thiazole rings is 1. The molecule has 1 aromatic heterocycles. The van der Waals surface area contributed by atoms with Crippen molar-refractivity contribution in [2.24, 2.45) is 0 Å². The molecule has 1 aliphatic heterocycles. The predicted octanol–water partition coefficient (Wildman–Crippen LogP) is 2.41. The van der Waals surface area contributed by atoms with Crippen molar-refractivity contribution in [1.29, 1.82) is 0 Å². The van der Waals surface area contributed by atoms with Crippen molar-refractivity contribution in [1.82, 2.24) is 9.71 Å². The molecule has 0 amide bonds. The Bertz CT molecular complexity index is 791. The van der Waals surface area contributed by atoms with Crippen LogP contribution < -0.4 is 14.4 Å². The molecule has 1 atom stereocenters. The third-order valence-corrected chi connectivity index (χ3v) is 6.26. The molecule has 0 radical (unpaired) electrons. The topological polar surface area (TPSA) is 71.5 Å². The number of nitrogens with one attached hydrogen (secondary N) is 1. The number of sulfonamides is 1. The normalized spacial score (nSPS) is 18.1. The van der Waals surface area contributed by atoms with Gasteiger partial charge in [-0.1, -0.05) is 6.07 Å². The van der Waals surface area contributed by atoms with Gasteiger partial charge in [-0.2, -0.15) is 0 Å². The summed E-state index contributed by atoms with van der Waals surface area (Å²) < 4.78 is 33.9. The van der Waals surface area contributed by atoms with Crippen molar-refractivity contribution in [3.63, 3.8) is 0 Å². The monoisotopic (exact) mass is 367 g/mol. The lowest BCUT2D eigenvalue weighted by Crippen LogP contribution is -2.37. The van der Waals surface area contributed by atoms with E-state index in [2.05, 4.69) is 14.6 Å². The molecule has 3 rings (SSSR count). The highest BCUT2D eigenvalue weighted by atomic mass is 32.2. The fourth-order valence-corrected chi connectivity index (χ4v) is 4.96. The molecular formula is C16H21N3O3S2. The first kappa shape index (κ1) is 17.2. The minimum atomic E-state index is -3.63. The molecule has 130 valence electrons. The van der Waals surface area contributed by atoms with E-state index in [-0.39, 0.29) is 10.9 Å². The Hall–Kier alpha value is -1.64. The summed E-state index contributed by atoms with van der Waals surface area (Å²) in [5.74, 6) is 0.394. The highest BCUT2D eigenvalue weighted by molar-refractivity contribution is 7.89. The van der Waals surface area contributed by atoms with E-state index in [0.717, 1.165) is 23.7 Å². The van der Waals surface area contributed by atoms with Gasteiger partial charge in [0.25, 0.3) is 0 Å². The standard InChI is InChI=1S/C16H21N3O3S2/c1-3-22-14-5-4-12(2)10-15(14)24(20,21)18-13-6-8-19(11-13)16-17-7-9-23-16/h4-5,7,9-10,13,18H,3,6,8,11H2,1-2H3. The number of anilines is 1. The Morgan fingerprint density at radius 2 is 2.29 bits per heavy atom. The second-order valence-electron chi connectivity index (χ2n) is 5.75. The van der Waals surface area contributed by atoms with Crippen molar-refractivity contribution in [2.75, 3.05) is 24.6 Å². The molecule has 0 bridgehead atoms. The van der Waals surface area contributed by atoms with Gasteiger partial charge in [-0.15, -0.1) is 11.3 Å². The summed E-state index contributed by atoms with van der Waals surface area (Å²) in [6.45, 7) is 5.56. The first-order chi connectivity index (χ1) is 11.5. The van der Waals surface area contributed by atoms with Crippen molar-refractivity contribution in [2.45, 2.75) is 31.2 Å². The highest BCUT2D eigenvalue weighted by Crippen LogP contribution is 2.27. The Kier molecular flexibility index (Phi) is 5.07. The lowest BCUT2D eigenvalue weighted by atomic mass is 10.2. The Morgan fingerprint density at radius 1 is 1.46 bits per heavy atom. The Balaban J connectivity index is 1.76. The van der Waals surface area contributed by atoms with Gasteiger partial charge in [-0.3, -0.25) is 0 Å². The lowest BCUT2D eigenvalue weighted by molar-refractivity contribution is 0.331. The Labute approximate surface area is 146 Å². The van der Waals surface area contributed by atoms with Gasteiger partial charge in [0, 0.05) is 30.7 Å². The minimum Gasteiger partial charge on any atom is -0.492 e. The van der Waals surface area contributed by atoms with Crippen molar-refractivity contribution < 1.29 is 13.2 Å². The number of nitrogens with zero attached hydrogens (tertiary/aromatic N) is 2. The van der Waals surface area contributed by atoms with Gasteiger partial charge in [-0.25, -0.2) is 18.1 Å². The summed E-state index contributed by atoms with van der Waals surface area (Å²) in [6.07, 6.45) is 2.52. The summed E-state index contributed by atoms with van der Waals surface area (Å²) in [7, 11) is -3.63. The molecule has 1 saturated heterocycles. The second-order valence-corrected chi connectivity index (χ2v) is 8.31. The van der Waals surface area contributed by atoms with E-state index in [1.165, 1.54) is 0 Å². The fourth-order valence-electron chi connectivity index (χ4n) is 2.79. The number of benzene rings is 1. The van der Waals surface area contributed by atoms with Crippen LogP contribution in [-0.2, 0) is 10.0 Å². The average Bonchev–Trinajstić information content (AvgIpc) is 3.20. The molecule has 24 heavy (non-hydrogen) atoms. The van der Waals surface area contributed by atoms with E-state index in [1.807, 2.05) is 25.3 Å². The Morgan fingerprint density at radius 3 is 3.00 bits per heavy atom. The van der Waals surface area contributed by atoms with Crippen LogP contribution in [0.1, 0.15) is 18.9 Å². The van der Waals surface area contributed by atoms with Crippen LogP contribution >= 0.6 is 11.3 Å². The molecule has 1 N–H and O–H groups in total. The maximum absolute atomic E-state index is 12.8. The highest BCUT2D eigenvalue weighted by Gasteiger charge is 2.29. The molecule has 1 aromatic carbocycles. The summed E-state index contributed by atoms with van der Waals surface area (Å²) in [6, 6.07) is 5.09. The van der Waals surface area contributed by atoms with Gasteiger partial charge < -0.3 is 9.64 Å². The van der Waals surface area contributed by atoms with Crippen LogP contribution in [0.15, 0.2) is 34.7 Å². The van der Waals surface area contributed by atoms with Gasteiger partial charge >= 0.3 is 0 Å². The van der Waals surface area contributed by atoms with Gasteiger partial charge in [-0.05, 0) is 38.0 Å². The molecule has 2 heterocycles. The van der Waals surface area contributed by atoms with Crippen molar-refractivity contribution in [3.05, 3.63) is 35.3 Å². The van der Waals surface area contributed by atoms with Crippen LogP contribution in [0.4, 0.5) is 5.13 Å². The van der Waals surface area contributed by atoms with E-state index >= 15 is 0 Å². The molecule has 6 nitrogen and oxygen atoms in total. The number of hydrogen-bond donors (Lipinski definition) is 1. The first-order valence-corrected chi connectivity index (χ1v) is 10.3. The SMILES string of the molecule is CCOc1ccc(C)cc1S(=O)(=O)NC1CCN(c2nccs2)C1. The van der Waals surface area contributed by atoms with E-state index in [0.29, 0.717) is 18.9 Å². The average molecular weight is 367 g/mol. The van der Waals surface area contributed by atoms with Crippen LogP contribution in [0, 0.1) is 6.92 Å². The van der Waals surface area contributed by atoms with Crippen LogP contribution in [0.3, 0.4) is 0 Å². The molecule has 0 saturated carbocycles. The number of hydrogen-bond acceptors (Lipinski definition) is 6. The molecule has 1 aliphatic rings. The number of ether oxygens (including phenoxy) is 1. The first-order valence-electron chi connectivity index (χ1n) is 7.90. The van der Waals surface area contributed by atoms with Gasteiger partial charge in [0.1, 0.15) is 10.6 Å². The third kappa shape index (κ3) is 3.71. The molecule has 0 spiro atoms. The van der Waals surface area contributed by atoms with Crippen LogP contribution in [-0.4, -0.2) is 39.1 Å². The fraction of sp³-hybridized carbons (Fsp3) is 0.438. The smallest absolute Gasteiger partial charge is 0.244 e. The van der Waals surface area contributed by atoms with Crippen molar-refractivity contribution >= 4 is 26.5 Å². The molecule has 1 fully saturated rings. The van der Waals surface area contributed by atoms with Gasteiger partial charge in [0.2, 0.25) is 10.0 Å². The minimum absolute atomic E-state index is 0.131. The molecule has 0 aliphatic carbocycles. The van der Waals surface area contributed by atoms with E-state index in [9.17, 15) is 8.42 Å². The summed E-state index contributed by atoms with van der Waals surface area (Å²) in [5, 5.41) is 2.86. The number of rotatable bonds is 6. The van der Waals surface area contributed by atoms with Gasteiger partial charge in [0.05, 0.1) is 6.61 Å². The molecule has 1 unspecified atom stereocenters. The van der Waals surface area contributed by atoms with Gasteiger partial charge in [0.15, 0.2) is 5.13 Å². The zero-order chi connectivity index (χ0) is 17.2. The number of aromatic nitrogens is 1. The molecular weight excluding hydrogens is 346 g/mol. The largest absolute Gasteiger partial charge is 0.492 e. The van der Waals surface area contributed by atoms with E-state index in [1.54, 1.807) is 29.7 Å². The van der Waals surface area contributed by atoms with Crippen LogP contribution in [0.25, 0.3) is 0 Å². The lowest BCUT2D eigenvalue weighted by Gasteiger charge is -2.17.